The van der Waals surface area contributed by atoms with E-state index in [-0.39, 0.29) is 11.6 Å². The largest absolute Gasteiger partial charge is 0.365 e. The normalized spacial score (nSPS) is 19.1. The molecule has 168 valence electrons. The molecule has 0 radical (unpaired) electrons. The molecule has 10 heteroatoms. The second-order valence-electron chi connectivity index (χ2n) is 8.33. The first-order valence-corrected chi connectivity index (χ1v) is 12.6. The Morgan fingerprint density at radius 3 is 2.53 bits per heavy atom. The number of sulfonamides is 1. The number of nitro groups is 1. The number of hydrogen-bond acceptors (Lipinski definition) is 7. The molecular formula is C20H33N5O4S. The molecule has 0 bridgehead atoms. The summed E-state index contributed by atoms with van der Waals surface area (Å²) in [4.78, 5) is 19.0. The van der Waals surface area contributed by atoms with E-state index in [1.807, 2.05) is 6.07 Å². The molecule has 1 N–H and O–H groups in total. The Balaban J connectivity index is 1.30. The molecule has 30 heavy (non-hydrogen) atoms. The minimum absolute atomic E-state index is 0.124. The smallest absolute Gasteiger partial charge is 0.358 e. The average molecular weight is 440 g/mol. The summed E-state index contributed by atoms with van der Waals surface area (Å²) in [7, 11) is -3.16. The van der Waals surface area contributed by atoms with Crippen molar-refractivity contribution in [3.8, 4) is 0 Å². The fourth-order valence-electron chi connectivity index (χ4n) is 4.30. The highest BCUT2D eigenvalue weighted by Crippen LogP contribution is 2.24. The highest BCUT2D eigenvalue weighted by Gasteiger charge is 2.22. The SMILES string of the molecule is O=[N+]([O-])c1cccc(N2CCN(CCCCNS(=O)(=O)CC3CCCCC3)CC2)n1. The van der Waals surface area contributed by atoms with Gasteiger partial charge in [0, 0.05) is 44.9 Å². The summed E-state index contributed by atoms with van der Waals surface area (Å²) in [6.45, 7) is 4.74. The Bertz CT molecular complexity index is 790. The van der Waals surface area contributed by atoms with Gasteiger partial charge in [0.15, 0.2) is 0 Å². The second-order valence-corrected chi connectivity index (χ2v) is 10.2. The maximum absolute atomic E-state index is 12.2. The van der Waals surface area contributed by atoms with Gasteiger partial charge in [0.25, 0.3) is 0 Å². The number of unbranched alkanes of at least 4 members (excludes halogenated alkanes) is 1. The zero-order chi connectivity index (χ0) is 21.4. The van der Waals surface area contributed by atoms with Gasteiger partial charge in [0.05, 0.1) is 5.75 Å². The average Bonchev–Trinajstić information content (AvgIpc) is 2.74. The molecule has 1 aliphatic heterocycles. The number of rotatable bonds is 10. The Labute approximate surface area is 179 Å². The molecule has 9 nitrogen and oxygen atoms in total. The molecule has 0 amide bonds. The summed E-state index contributed by atoms with van der Waals surface area (Å²) in [6.07, 6.45) is 7.41. The van der Waals surface area contributed by atoms with E-state index in [1.165, 1.54) is 12.5 Å². The van der Waals surface area contributed by atoms with E-state index in [9.17, 15) is 18.5 Å². The van der Waals surface area contributed by atoms with E-state index in [0.717, 1.165) is 71.2 Å². The maximum atomic E-state index is 12.2. The Kier molecular flexibility index (Phi) is 8.41. The van der Waals surface area contributed by atoms with Crippen LogP contribution in [0.3, 0.4) is 0 Å². The molecule has 0 unspecified atom stereocenters. The molecule has 3 rings (SSSR count). The Morgan fingerprint density at radius 2 is 1.83 bits per heavy atom. The molecule has 2 fully saturated rings. The lowest BCUT2D eigenvalue weighted by Gasteiger charge is -2.34. The van der Waals surface area contributed by atoms with Gasteiger partial charge in [-0.2, -0.15) is 0 Å². The summed E-state index contributed by atoms with van der Waals surface area (Å²) in [5.41, 5.74) is 0. The molecule has 1 saturated carbocycles. The van der Waals surface area contributed by atoms with Crippen LogP contribution in [-0.4, -0.2) is 68.2 Å². The van der Waals surface area contributed by atoms with Crippen LogP contribution in [0.25, 0.3) is 0 Å². The fraction of sp³-hybridized carbons (Fsp3) is 0.750. The van der Waals surface area contributed by atoms with Crippen molar-refractivity contribution in [1.82, 2.24) is 14.6 Å². The second kappa shape index (κ2) is 11.0. The van der Waals surface area contributed by atoms with Crippen LogP contribution in [0.2, 0.25) is 0 Å². The van der Waals surface area contributed by atoms with Gasteiger partial charge in [-0.3, -0.25) is 4.90 Å². The molecule has 0 aromatic carbocycles. The molecule has 2 aliphatic rings. The fourth-order valence-corrected chi connectivity index (χ4v) is 5.83. The summed E-state index contributed by atoms with van der Waals surface area (Å²) < 4.78 is 27.2. The van der Waals surface area contributed by atoms with Crippen LogP contribution in [0.1, 0.15) is 44.9 Å². The maximum Gasteiger partial charge on any atom is 0.365 e. The monoisotopic (exact) mass is 439 g/mol. The van der Waals surface area contributed by atoms with Gasteiger partial charge in [-0.1, -0.05) is 19.3 Å². The van der Waals surface area contributed by atoms with E-state index in [1.54, 1.807) is 6.07 Å². The van der Waals surface area contributed by atoms with Crippen molar-refractivity contribution in [2.45, 2.75) is 44.9 Å². The topological polar surface area (TPSA) is 109 Å². The Morgan fingerprint density at radius 1 is 1.10 bits per heavy atom. The lowest BCUT2D eigenvalue weighted by Crippen LogP contribution is -2.47. The number of nitrogens with zero attached hydrogens (tertiary/aromatic N) is 4. The third-order valence-electron chi connectivity index (χ3n) is 6.01. The van der Waals surface area contributed by atoms with Crippen LogP contribution in [0.5, 0.6) is 0 Å². The van der Waals surface area contributed by atoms with Crippen molar-refractivity contribution in [2.75, 3.05) is 49.9 Å². The van der Waals surface area contributed by atoms with Gasteiger partial charge in [-0.25, -0.2) is 13.1 Å². The molecule has 0 atom stereocenters. The van der Waals surface area contributed by atoms with Gasteiger partial charge in [-0.05, 0) is 54.1 Å². The van der Waals surface area contributed by atoms with Gasteiger partial charge in [0.1, 0.15) is 0 Å². The lowest BCUT2D eigenvalue weighted by molar-refractivity contribution is -0.389. The number of hydrogen-bond donors (Lipinski definition) is 1. The first-order chi connectivity index (χ1) is 14.4. The first-order valence-electron chi connectivity index (χ1n) is 11.0. The summed E-state index contributed by atoms with van der Waals surface area (Å²) in [6, 6.07) is 4.88. The molecular weight excluding hydrogens is 406 g/mol. The molecule has 0 spiro atoms. The van der Waals surface area contributed by atoms with Crippen LogP contribution in [0.4, 0.5) is 11.6 Å². The van der Waals surface area contributed by atoms with E-state index in [2.05, 4.69) is 19.5 Å². The number of piperazine rings is 1. The van der Waals surface area contributed by atoms with E-state index < -0.39 is 14.9 Å². The molecule has 1 aliphatic carbocycles. The van der Waals surface area contributed by atoms with Crippen molar-refractivity contribution in [3.05, 3.63) is 28.3 Å². The van der Waals surface area contributed by atoms with Crippen molar-refractivity contribution in [1.29, 1.82) is 0 Å². The van der Waals surface area contributed by atoms with Crippen LogP contribution in [0, 0.1) is 16.0 Å². The molecule has 1 saturated heterocycles. The van der Waals surface area contributed by atoms with Gasteiger partial charge >= 0.3 is 5.82 Å². The van der Waals surface area contributed by atoms with Crippen LogP contribution >= 0.6 is 0 Å². The van der Waals surface area contributed by atoms with Gasteiger partial charge < -0.3 is 15.0 Å². The first kappa shape index (κ1) is 22.9. The molecule has 2 heterocycles. The number of anilines is 1. The predicted octanol–water partition coefficient (Wildman–Crippen LogP) is 2.39. The highest BCUT2D eigenvalue weighted by atomic mass is 32.2. The number of aromatic nitrogens is 1. The third-order valence-corrected chi connectivity index (χ3v) is 7.56. The van der Waals surface area contributed by atoms with Crippen molar-refractivity contribution in [2.24, 2.45) is 5.92 Å². The number of pyridine rings is 1. The number of nitrogens with one attached hydrogen (secondary N) is 1. The standard InChI is InChI=1S/C20H33N5O4S/c26-25(27)20-10-6-9-19(22-20)24-15-13-23(14-16-24)12-5-4-11-21-30(28,29)17-18-7-2-1-3-8-18/h6,9-10,18,21H,1-5,7-8,11-17H2. The quantitative estimate of drug-likeness (QED) is 0.339. The van der Waals surface area contributed by atoms with E-state index in [4.69, 9.17) is 0 Å². The third kappa shape index (κ3) is 7.17. The molecule has 1 aromatic rings. The van der Waals surface area contributed by atoms with Gasteiger partial charge in [0.2, 0.25) is 15.8 Å². The predicted molar refractivity (Wildman–Crippen MR) is 117 cm³/mol. The Hall–Kier alpha value is -1.78. The zero-order valence-corrected chi connectivity index (χ0v) is 18.4. The highest BCUT2D eigenvalue weighted by molar-refractivity contribution is 7.89. The zero-order valence-electron chi connectivity index (χ0n) is 17.5. The van der Waals surface area contributed by atoms with Gasteiger partial charge in [-0.15, -0.1) is 0 Å². The van der Waals surface area contributed by atoms with Crippen molar-refractivity contribution < 1.29 is 13.3 Å². The van der Waals surface area contributed by atoms with E-state index in [0.29, 0.717) is 18.3 Å². The van der Waals surface area contributed by atoms with Crippen LogP contribution in [-0.2, 0) is 10.0 Å². The minimum Gasteiger partial charge on any atom is -0.358 e. The molecule has 1 aromatic heterocycles. The minimum atomic E-state index is -3.16. The van der Waals surface area contributed by atoms with Crippen LogP contribution in [0.15, 0.2) is 18.2 Å². The van der Waals surface area contributed by atoms with Crippen molar-refractivity contribution in [3.63, 3.8) is 0 Å². The van der Waals surface area contributed by atoms with Crippen LogP contribution < -0.4 is 9.62 Å². The summed E-state index contributed by atoms with van der Waals surface area (Å²) in [5.74, 6) is 1.13. The summed E-state index contributed by atoms with van der Waals surface area (Å²) >= 11 is 0. The van der Waals surface area contributed by atoms with Crippen molar-refractivity contribution >= 4 is 21.7 Å². The lowest BCUT2D eigenvalue weighted by atomic mass is 9.91. The van der Waals surface area contributed by atoms with E-state index >= 15 is 0 Å². The summed E-state index contributed by atoms with van der Waals surface area (Å²) in [5, 5.41) is 10.9.